The molecule has 0 amide bonds. The van der Waals surface area contributed by atoms with Gasteiger partial charge in [-0.2, -0.15) is 0 Å². The van der Waals surface area contributed by atoms with E-state index in [0.717, 1.165) is 32.8 Å². The normalized spacial score (nSPS) is 12.3. The molecule has 2 aromatic carbocycles. The van der Waals surface area contributed by atoms with Crippen LogP contribution in [0.4, 0.5) is 0 Å². The van der Waals surface area contributed by atoms with E-state index in [2.05, 4.69) is 26.6 Å². The fourth-order valence-corrected chi connectivity index (χ4v) is 3.79. The quantitative estimate of drug-likeness (QED) is 0.373. The van der Waals surface area contributed by atoms with Crippen LogP contribution >= 0.6 is 0 Å². The lowest BCUT2D eigenvalue weighted by atomic mass is 10.1. The molecule has 31 heavy (non-hydrogen) atoms. The third-order valence-corrected chi connectivity index (χ3v) is 5.39. The lowest BCUT2D eigenvalue weighted by Gasteiger charge is -2.19. The number of hydrogen-bond donors (Lipinski definition) is 3. The number of aliphatic hydroxyl groups excluding tert-OH is 1. The van der Waals surface area contributed by atoms with Gasteiger partial charge in [0.15, 0.2) is 0 Å². The first-order valence-electron chi connectivity index (χ1n) is 10.5. The van der Waals surface area contributed by atoms with Gasteiger partial charge in [-0.05, 0) is 46.5 Å². The second kappa shape index (κ2) is 9.63. The van der Waals surface area contributed by atoms with Crippen LogP contribution in [0.25, 0.3) is 10.9 Å². The second-order valence-corrected chi connectivity index (χ2v) is 7.88. The predicted molar refractivity (Wildman–Crippen MR) is 118 cm³/mol. The Bertz CT molecular complexity index is 1200. The van der Waals surface area contributed by atoms with Crippen LogP contribution in [0.1, 0.15) is 28.9 Å². The molecular formula is C23H27N6O2+. The van der Waals surface area contributed by atoms with E-state index in [0.29, 0.717) is 38.2 Å². The van der Waals surface area contributed by atoms with Crippen LogP contribution in [0.3, 0.4) is 0 Å². The van der Waals surface area contributed by atoms with Gasteiger partial charge in [0.25, 0.3) is 5.56 Å². The lowest BCUT2D eigenvalue weighted by Crippen LogP contribution is -3.09. The van der Waals surface area contributed by atoms with Gasteiger partial charge in [-0.25, -0.2) is 4.68 Å². The summed E-state index contributed by atoms with van der Waals surface area (Å²) in [4.78, 5) is 16.8. The molecule has 3 N–H and O–H groups in total. The van der Waals surface area contributed by atoms with E-state index in [4.69, 9.17) is 0 Å². The van der Waals surface area contributed by atoms with Crippen LogP contribution in [-0.4, -0.2) is 43.4 Å². The molecular weight excluding hydrogens is 392 g/mol. The zero-order valence-corrected chi connectivity index (χ0v) is 17.6. The Labute approximate surface area is 180 Å². The van der Waals surface area contributed by atoms with E-state index < -0.39 is 0 Å². The maximum Gasteiger partial charge on any atom is 0.257 e. The molecule has 1 atom stereocenters. The molecule has 0 bridgehead atoms. The molecule has 0 saturated carbocycles. The highest BCUT2D eigenvalue weighted by Gasteiger charge is 2.18. The van der Waals surface area contributed by atoms with Gasteiger partial charge in [0.1, 0.15) is 13.1 Å². The van der Waals surface area contributed by atoms with Gasteiger partial charge < -0.3 is 15.0 Å². The average Bonchev–Trinajstić information content (AvgIpc) is 3.20. The number of hydrogen-bond acceptors (Lipinski definition) is 5. The van der Waals surface area contributed by atoms with Crippen molar-refractivity contribution in [3.05, 3.63) is 87.5 Å². The Kier molecular flexibility index (Phi) is 6.49. The third-order valence-electron chi connectivity index (χ3n) is 5.39. The average molecular weight is 420 g/mol. The Morgan fingerprint density at radius 2 is 1.94 bits per heavy atom. The van der Waals surface area contributed by atoms with Crippen molar-refractivity contribution >= 4 is 10.9 Å². The Morgan fingerprint density at radius 1 is 1.10 bits per heavy atom. The number of aliphatic hydroxyl groups is 1. The van der Waals surface area contributed by atoms with E-state index in [1.807, 2.05) is 55.5 Å². The number of rotatable bonds is 9. The van der Waals surface area contributed by atoms with Crippen molar-refractivity contribution in [3.63, 3.8) is 0 Å². The van der Waals surface area contributed by atoms with E-state index in [1.165, 1.54) is 0 Å². The fourth-order valence-electron chi connectivity index (χ4n) is 3.79. The molecule has 0 radical (unpaired) electrons. The van der Waals surface area contributed by atoms with Crippen molar-refractivity contribution in [1.29, 1.82) is 0 Å². The zero-order valence-electron chi connectivity index (χ0n) is 17.6. The fraction of sp³-hybridized carbons (Fsp3) is 0.304. The van der Waals surface area contributed by atoms with Crippen LogP contribution in [-0.2, 0) is 19.6 Å². The summed E-state index contributed by atoms with van der Waals surface area (Å²) >= 11 is 0. The molecule has 0 spiro atoms. The number of quaternary nitrogens is 1. The molecule has 2 heterocycles. The summed E-state index contributed by atoms with van der Waals surface area (Å²) in [6.45, 7) is 4.52. The Hall–Kier alpha value is -3.36. The van der Waals surface area contributed by atoms with Crippen molar-refractivity contribution in [2.75, 3.05) is 13.2 Å². The summed E-state index contributed by atoms with van der Waals surface area (Å²) in [5.41, 5.74) is 3.74. The molecule has 1 unspecified atom stereocenters. The van der Waals surface area contributed by atoms with Crippen LogP contribution in [0.15, 0.2) is 59.4 Å². The van der Waals surface area contributed by atoms with Gasteiger partial charge in [0, 0.05) is 18.5 Å². The van der Waals surface area contributed by atoms with Gasteiger partial charge in [-0.3, -0.25) is 4.79 Å². The molecule has 8 heteroatoms. The number of aryl methyl sites for hydroxylation is 1. The molecule has 8 nitrogen and oxygen atoms in total. The minimum atomic E-state index is -0.0817. The summed E-state index contributed by atoms with van der Waals surface area (Å²) in [6.07, 6.45) is 0.639. The van der Waals surface area contributed by atoms with Crippen molar-refractivity contribution < 1.29 is 10.0 Å². The predicted octanol–water partition coefficient (Wildman–Crippen LogP) is 0.839. The van der Waals surface area contributed by atoms with Crippen LogP contribution in [0, 0.1) is 6.92 Å². The second-order valence-electron chi connectivity index (χ2n) is 7.88. The van der Waals surface area contributed by atoms with Gasteiger partial charge in [0.05, 0.1) is 18.7 Å². The summed E-state index contributed by atoms with van der Waals surface area (Å²) in [5, 5.41) is 22.6. The van der Waals surface area contributed by atoms with Crippen molar-refractivity contribution in [2.45, 2.75) is 33.0 Å². The van der Waals surface area contributed by atoms with Crippen molar-refractivity contribution in [3.8, 4) is 0 Å². The number of H-pyrrole nitrogens is 1. The highest BCUT2D eigenvalue weighted by atomic mass is 16.3. The summed E-state index contributed by atoms with van der Waals surface area (Å²) in [5.74, 6) is 0.754. The van der Waals surface area contributed by atoms with Crippen LogP contribution < -0.4 is 10.5 Å². The van der Waals surface area contributed by atoms with Crippen LogP contribution in [0.2, 0.25) is 0 Å². The monoisotopic (exact) mass is 419 g/mol. The maximum absolute atomic E-state index is 12.7. The molecule has 0 saturated heterocycles. The third kappa shape index (κ3) is 5.22. The number of aromatic amines is 1. The first-order chi connectivity index (χ1) is 15.1. The highest BCUT2D eigenvalue weighted by Crippen LogP contribution is 2.13. The summed E-state index contributed by atoms with van der Waals surface area (Å²) in [7, 11) is 0. The van der Waals surface area contributed by atoms with Crippen LogP contribution in [0.5, 0.6) is 0 Å². The minimum absolute atomic E-state index is 0.0817. The van der Waals surface area contributed by atoms with E-state index in [1.54, 1.807) is 4.68 Å². The molecule has 0 fully saturated rings. The summed E-state index contributed by atoms with van der Waals surface area (Å²) < 4.78 is 1.79. The number of nitrogens with one attached hydrogen (secondary N) is 2. The number of fused-ring (bicyclic) bond motifs is 1. The van der Waals surface area contributed by atoms with Gasteiger partial charge >= 0.3 is 0 Å². The molecule has 4 rings (SSSR count). The number of aromatic nitrogens is 5. The number of pyridine rings is 1. The minimum Gasteiger partial charge on any atom is -0.396 e. The standard InChI is InChI=1S/C23H26N6O2/c1-17-8-9-21-19(12-17)13-20(23(31)24-21)15-28(10-5-11-30)16-22-25-26-27-29(22)14-18-6-3-2-4-7-18/h2-4,6-9,12-13,30H,5,10-11,14-16H2,1H3,(H,24,31)/p+1. The van der Waals surface area contributed by atoms with E-state index in [9.17, 15) is 9.90 Å². The SMILES string of the molecule is Cc1ccc2[nH]c(=O)c(C[NH+](CCCO)Cc3nnnn3Cc3ccccc3)cc2c1. The Morgan fingerprint density at radius 3 is 2.74 bits per heavy atom. The van der Waals surface area contributed by atoms with Gasteiger partial charge in [0.2, 0.25) is 5.82 Å². The molecule has 160 valence electrons. The van der Waals surface area contributed by atoms with Gasteiger partial charge in [-0.1, -0.05) is 42.0 Å². The number of benzene rings is 2. The lowest BCUT2D eigenvalue weighted by molar-refractivity contribution is -0.928. The first-order valence-corrected chi connectivity index (χ1v) is 10.5. The number of nitrogens with zero attached hydrogens (tertiary/aromatic N) is 4. The molecule has 2 aromatic heterocycles. The molecule has 0 aliphatic heterocycles. The number of tetrazole rings is 1. The first kappa shape index (κ1) is 20.9. The summed E-state index contributed by atoms with van der Waals surface area (Å²) in [6, 6.07) is 18.0. The van der Waals surface area contributed by atoms with Crippen molar-refractivity contribution in [1.82, 2.24) is 25.2 Å². The molecule has 0 aliphatic rings. The van der Waals surface area contributed by atoms with E-state index in [-0.39, 0.29) is 12.2 Å². The topological polar surface area (TPSA) is 101 Å². The zero-order chi connectivity index (χ0) is 21.6. The molecule has 0 aliphatic carbocycles. The maximum atomic E-state index is 12.7. The highest BCUT2D eigenvalue weighted by molar-refractivity contribution is 5.79. The Balaban J connectivity index is 1.56. The smallest absolute Gasteiger partial charge is 0.257 e. The largest absolute Gasteiger partial charge is 0.396 e. The van der Waals surface area contributed by atoms with E-state index >= 15 is 0 Å². The van der Waals surface area contributed by atoms with Crippen molar-refractivity contribution in [2.24, 2.45) is 0 Å². The van der Waals surface area contributed by atoms with Gasteiger partial charge in [-0.15, -0.1) is 5.10 Å². The molecule has 4 aromatic rings.